The largest absolute Gasteiger partial charge is 0.492 e. The number of hydrogen-bond acceptors (Lipinski definition) is 4. The summed E-state index contributed by atoms with van der Waals surface area (Å²) in [5.74, 6) is 1.00. The molecule has 0 N–H and O–H groups in total. The maximum atomic E-state index is 12.4. The van der Waals surface area contributed by atoms with Gasteiger partial charge >= 0.3 is 0 Å². The molecule has 0 spiro atoms. The minimum atomic E-state index is 0.174. The van der Waals surface area contributed by atoms with E-state index >= 15 is 0 Å². The van der Waals surface area contributed by atoms with E-state index in [0.717, 1.165) is 49.7 Å². The summed E-state index contributed by atoms with van der Waals surface area (Å²) in [5, 5.41) is 0.708. The van der Waals surface area contributed by atoms with E-state index in [-0.39, 0.29) is 5.91 Å². The van der Waals surface area contributed by atoms with E-state index < -0.39 is 0 Å². The van der Waals surface area contributed by atoms with Crippen molar-refractivity contribution in [2.45, 2.75) is 13.3 Å². The second-order valence-electron chi connectivity index (χ2n) is 6.51. The number of aryl methyl sites for hydroxylation is 1. The molecule has 0 atom stereocenters. The summed E-state index contributed by atoms with van der Waals surface area (Å²) < 4.78 is 5.74. The Morgan fingerprint density at radius 3 is 2.50 bits per heavy atom. The van der Waals surface area contributed by atoms with E-state index in [1.807, 2.05) is 48.2 Å². The summed E-state index contributed by atoms with van der Waals surface area (Å²) in [6.07, 6.45) is 2.21. The van der Waals surface area contributed by atoms with Crippen molar-refractivity contribution in [2.24, 2.45) is 0 Å². The lowest BCUT2D eigenvalue weighted by Crippen LogP contribution is -2.49. The van der Waals surface area contributed by atoms with Gasteiger partial charge in [0.05, 0.1) is 6.42 Å². The molecular weight excluding hydrogens is 350 g/mol. The SMILES string of the molecule is Cc1ccc(CC(=O)N2CCN(CCOc3ccc(Cl)cc3)CC2)cn1. The van der Waals surface area contributed by atoms with Crippen LogP contribution in [0.25, 0.3) is 0 Å². The number of ether oxygens (including phenoxy) is 1. The Bertz CT molecular complexity index is 711. The number of pyridine rings is 1. The van der Waals surface area contributed by atoms with Crippen LogP contribution in [0.15, 0.2) is 42.6 Å². The Morgan fingerprint density at radius 2 is 1.85 bits per heavy atom. The van der Waals surface area contributed by atoms with Crippen molar-refractivity contribution in [3.8, 4) is 5.75 Å². The number of nitrogens with zero attached hydrogens (tertiary/aromatic N) is 3. The number of carbonyl (C=O) groups excluding carboxylic acids is 1. The van der Waals surface area contributed by atoms with Crippen LogP contribution in [0.4, 0.5) is 0 Å². The van der Waals surface area contributed by atoms with Crippen molar-refractivity contribution in [3.63, 3.8) is 0 Å². The molecular formula is C20H24ClN3O2. The van der Waals surface area contributed by atoms with E-state index in [9.17, 15) is 4.79 Å². The first-order valence-corrected chi connectivity index (χ1v) is 9.28. The smallest absolute Gasteiger partial charge is 0.227 e. The van der Waals surface area contributed by atoms with Crippen molar-refractivity contribution in [1.82, 2.24) is 14.8 Å². The Hall–Kier alpha value is -2.11. The molecule has 0 saturated carbocycles. The van der Waals surface area contributed by atoms with Gasteiger partial charge < -0.3 is 9.64 Å². The molecule has 1 aliphatic heterocycles. The lowest BCUT2D eigenvalue weighted by Gasteiger charge is -2.34. The number of aromatic nitrogens is 1. The van der Waals surface area contributed by atoms with Crippen LogP contribution >= 0.6 is 11.6 Å². The number of piperazine rings is 1. The fourth-order valence-electron chi connectivity index (χ4n) is 2.93. The molecule has 0 aliphatic carbocycles. The summed E-state index contributed by atoms with van der Waals surface area (Å²) >= 11 is 5.87. The highest BCUT2D eigenvalue weighted by molar-refractivity contribution is 6.30. The van der Waals surface area contributed by atoms with E-state index in [0.29, 0.717) is 18.1 Å². The zero-order chi connectivity index (χ0) is 18.4. The predicted octanol–water partition coefficient (Wildman–Crippen LogP) is 2.81. The highest BCUT2D eigenvalue weighted by Crippen LogP contribution is 2.15. The van der Waals surface area contributed by atoms with Crippen molar-refractivity contribution < 1.29 is 9.53 Å². The van der Waals surface area contributed by atoms with Crippen LogP contribution in [0.1, 0.15) is 11.3 Å². The minimum Gasteiger partial charge on any atom is -0.492 e. The summed E-state index contributed by atoms with van der Waals surface area (Å²) in [7, 11) is 0. The molecule has 1 aromatic carbocycles. The van der Waals surface area contributed by atoms with Gasteiger partial charge in [-0.15, -0.1) is 0 Å². The monoisotopic (exact) mass is 373 g/mol. The normalized spacial score (nSPS) is 15.1. The number of hydrogen-bond donors (Lipinski definition) is 0. The van der Waals surface area contributed by atoms with Gasteiger partial charge in [0.15, 0.2) is 0 Å². The molecule has 0 bridgehead atoms. The zero-order valence-electron chi connectivity index (χ0n) is 15.0. The fourth-order valence-corrected chi connectivity index (χ4v) is 3.06. The van der Waals surface area contributed by atoms with Crippen molar-refractivity contribution in [1.29, 1.82) is 0 Å². The van der Waals surface area contributed by atoms with E-state index in [2.05, 4.69) is 9.88 Å². The number of rotatable bonds is 6. The van der Waals surface area contributed by atoms with E-state index in [4.69, 9.17) is 16.3 Å². The maximum Gasteiger partial charge on any atom is 0.227 e. The lowest BCUT2D eigenvalue weighted by molar-refractivity contribution is -0.132. The molecule has 138 valence electrons. The molecule has 5 nitrogen and oxygen atoms in total. The van der Waals surface area contributed by atoms with Gasteiger partial charge in [-0.1, -0.05) is 17.7 Å². The topological polar surface area (TPSA) is 45.7 Å². The highest BCUT2D eigenvalue weighted by atomic mass is 35.5. The van der Waals surface area contributed by atoms with Gasteiger partial charge in [-0.2, -0.15) is 0 Å². The molecule has 6 heteroatoms. The van der Waals surface area contributed by atoms with E-state index in [1.54, 1.807) is 6.20 Å². The van der Waals surface area contributed by atoms with Crippen LogP contribution in [-0.2, 0) is 11.2 Å². The van der Waals surface area contributed by atoms with Gasteiger partial charge in [0.2, 0.25) is 5.91 Å². The van der Waals surface area contributed by atoms with Crippen LogP contribution in [0.5, 0.6) is 5.75 Å². The average molecular weight is 374 g/mol. The first-order valence-electron chi connectivity index (χ1n) is 8.90. The summed E-state index contributed by atoms with van der Waals surface area (Å²) in [4.78, 5) is 20.9. The molecule has 0 unspecified atom stereocenters. The van der Waals surface area contributed by atoms with Crippen LogP contribution in [0, 0.1) is 6.92 Å². The third-order valence-corrected chi connectivity index (χ3v) is 4.79. The van der Waals surface area contributed by atoms with Crippen LogP contribution in [-0.4, -0.2) is 60.0 Å². The fraction of sp³-hybridized carbons (Fsp3) is 0.400. The molecule has 1 fully saturated rings. The lowest BCUT2D eigenvalue weighted by atomic mass is 10.1. The quantitative estimate of drug-likeness (QED) is 0.781. The first-order chi connectivity index (χ1) is 12.6. The van der Waals surface area contributed by atoms with Gasteiger partial charge in [-0.05, 0) is 42.8 Å². The van der Waals surface area contributed by atoms with Gasteiger partial charge in [0.25, 0.3) is 0 Å². The molecule has 3 rings (SSSR count). The molecule has 2 heterocycles. The van der Waals surface area contributed by atoms with Crippen molar-refractivity contribution in [3.05, 3.63) is 58.9 Å². The molecule has 26 heavy (non-hydrogen) atoms. The number of halogens is 1. The van der Waals surface area contributed by atoms with Gasteiger partial charge in [0, 0.05) is 49.6 Å². The van der Waals surface area contributed by atoms with Gasteiger partial charge in [-0.3, -0.25) is 14.7 Å². The Morgan fingerprint density at radius 1 is 1.12 bits per heavy atom. The van der Waals surface area contributed by atoms with Crippen LogP contribution in [0.2, 0.25) is 5.02 Å². The van der Waals surface area contributed by atoms with Crippen LogP contribution in [0.3, 0.4) is 0 Å². The van der Waals surface area contributed by atoms with Gasteiger partial charge in [-0.25, -0.2) is 0 Å². The Labute approximate surface area is 159 Å². The van der Waals surface area contributed by atoms with Gasteiger partial charge in [0.1, 0.15) is 12.4 Å². The molecule has 1 aromatic heterocycles. The predicted molar refractivity (Wildman–Crippen MR) is 103 cm³/mol. The third-order valence-electron chi connectivity index (χ3n) is 4.54. The summed E-state index contributed by atoms with van der Waals surface area (Å²) in [5.41, 5.74) is 1.94. The van der Waals surface area contributed by atoms with Crippen LogP contribution < -0.4 is 4.74 Å². The molecule has 2 aromatic rings. The number of carbonyl (C=O) groups is 1. The Balaban J connectivity index is 1.37. The number of amides is 1. The Kier molecular flexibility index (Phi) is 6.47. The van der Waals surface area contributed by atoms with Crippen molar-refractivity contribution >= 4 is 17.5 Å². The third kappa shape index (κ3) is 5.44. The minimum absolute atomic E-state index is 0.174. The molecule has 1 saturated heterocycles. The first kappa shape index (κ1) is 18.7. The zero-order valence-corrected chi connectivity index (χ0v) is 15.8. The average Bonchev–Trinajstić information content (AvgIpc) is 2.66. The second kappa shape index (κ2) is 9.01. The second-order valence-corrected chi connectivity index (χ2v) is 6.95. The maximum absolute atomic E-state index is 12.4. The summed E-state index contributed by atoms with van der Waals surface area (Å²) in [6, 6.07) is 11.3. The number of benzene rings is 1. The molecule has 1 amide bonds. The molecule has 0 radical (unpaired) electrons. The highest BCUT2D eigenvalue weighted by Gasteiger charge is 2.21. The van der Waals surface area contributed by atoms with Crippen molar-refractivity contribution in [2.75, 3.05) is 39.3 Å². The van der Waals surface area contributed by atoms with E-state index in [1.165, 1.54) is 0 Å². The standard InChI is InChI=1S/C20H24ClN3O2/c1-16-2-3-17(15-22-16)14-20(25)24-10-8-23(9-11-24)12-13-26-19-6-4-18(21)5-7-19/h2-7,15H,8-14H2,1H3. The molecule has 1 aliphatic rings. The summed E-state index contributed by atoms with van der Waals surface area (Å²) in [6.45, 7) is 6.71.